The van der Waals surface area contributed by atoms with Crippen molar-refractivity contribution >= 4 is 81.4 Å². The van der Waals surface area contributed by atoms with E-state index in [2.05, 4.69) is 10.7 Å². The molecule has 186 valence electrons. The van der Waals surface area contributed by atoms with Gasteiger partial charge < -0.3 is 5.32 Å². The van der Waals surface area contributed by atoms with Crippen LogP contribution < -0.4 is 10.7 Å². The molecule has 2 aromatic carbocycles. The van der Waals surface area contributed by atoms with Crippen molar-refractivity contribution in [3.05, 3.63) is 62.6 Å². The third-order valence-corrected chi connectivity index (χ3v) is 7.49. The van der Waals surface area contributed by atoms with E-state index in [0.717, 1.165) is 7.05 Å². The Hall–Kier alpha value is -1.84. The normalized spacial score (nSPS) is 23.3. The molecule has 35 heavy (non-hydrogen) atoms. The largest absolute Gasteiger partial charge is 0.326 e. The van der Waals surface area contributed by atoms with Crippen LogP contribution in [-0.2, 0) is 9.59 Å². The monoisotopic (exact) mass is 583 g/mol. The lowest BCUT2D eigenvalue weighted by Gasteiger charge is -2.19. The quantitative estimate of drug-likeness (QED) is 0.337. The lowest BCUT2D eigenvalue weighted by molar-refractivity contribution is -0.135. The Morgan fingerprint density at radius 1 is 1.03 bits per heavy atom. The van der Waals surface area contributed by atoms with Gasteiger partial charge in [0.15, 0.2) is 0 Å². The predicted octanol–water partition coefficient (Wildman–Crippen LogP) is 5.93. The van der Waals surface area contributed by atoms with Gasteiger partial charge in [-0.2, -0.15) is 0 Å². The zero-order valence-electron chi connectivity index (χ0n) is 17.7. The van der Waals surface area contributed by atoms with Gasteiger partial charge in [-0.25, -0.2) is 8.78 Å². The minimum atomic E-state index is -3.07. The summed E-state index contributed by atoms with van der Waals surface area (Å²) in [4.78, 5) is 37.5. The smallest absolute Gasteiger partial charge is 0.271 e. The Morgan fingerprint density at radius 3 is 2.20 bits per heavy atom. The minimum absolute atomic E-state index is 0.0139. The van der Waals surface area contributed by atoms with Gasteiger partial charge in [-0.15, -0.1) is 23.2 Å². The maximum Gasteiger partial charge on any atom is 0.271 e. The summed E-state index contributed by atoms with van der Waals surface area (Å²) in [6.45, 7) is 0. The van der Waals surface area contributed by atoms with Crippen LogP contribution in [0, 0.1) is 11.8 Å². The first-order chi connectivity index (χ1) is 16.2. The first-order valence-electron chi connectivity index (χ1n) is 10.1. The van der Waals surface area contributed by atoms with E-state index in [1.54, 1.807) is 12.1 Å². The fraction of sp³-hybridized carbons (Fsp3) is 0.318. The van der Waals surface area contributed by atoms with Crippen LogP contribution in [-0.4, -0.2) is 40.0 Å². The highest BCUT2D eigenvalue weighted by atomic mass is 35.5. The molecular formula is C22H16Cl5F2N3O3. The van der Waals surface area contributed by atoms with Crippen molar-refractivity contribution in [2.75, 3.05) is 12.4 Å². The fourth-order valence-corrected chi connectivity index (χ4v) is 5.38. The Kier molecular flexibility index (Phi) is 6.92. The summed E-state index contributed by atoms with van der Waals surface area (Å²) in [5.74, 6) is -8.23. The topological polar surface area (TPSA) is 78.5 Å². The van der Waals surface area contributed by atoms with Crippen LogP contribution in [0.1, 0.15) is 28.3 Å². The summed E-state index contributed by atoms with van der Waals surface area (Å²) in [6.07, 6.45) is -0.569. The van der Waals surface area contributed by atoms with Crippen molar-refractivity contribution in [1.29, 1.82) is 0 Å². The molecule has 2 saturated carbocycles. The third kappa shape index (κ3) is 5.32. The zero-order valence-corrected chi connectivity index (χ0v) is 21.5. The van der Waals surface area contributed by atoms with E-state index >= 15 is 0 Å². The third-order valence-electron chi connectivity index (χ3n) is 5.78. The van der Waals surface area contributed by atoms with E-state index < -0.39 is 52.2 Å². The molecule has 0 radical (unpaired) electrons. The Morgan fingerprint density at radius 2 is 1.63 bits per heavy atom. The van der Waals surface area contributed by atoms with Crippen LogP contribution in [0.3, 0.4) is 0 Å². The summed E-state index contributed by atoms with van der Waals surface area (Å²) in [7, 11) is 1.16. The highest BCUT2D eigenvalue weighted by Gasteiger charge is 2.67. The number of anilines is 1. The summed E-state index contributed by atoms with van der Waals surface area (Å²) < 4.78 is 24.9. The molecule has 0 aliphatic heterocycles. The number of carbonyl (C=O) groups excluding carboxylic acids is 3. The van der Waals surface area contributed by atoms with Gasteiger partial charge >= 0.3 is 0 Å². The number of rotatable bonds is 5. The second-order valence-corrected chi connectivity index (χ2v) is 11.1. The maximum absolute atomic E-state index is 13.2. The molecule has 0 aromatic heterocycles. The lowest BCUT2D eigenvalue weighted by Crippen LogP contribution is -2.44. The van der Waals surface area contributed by atoms with E-state index in [-0.39, 0.29) is 16.3 Å². The van der Waals surface area contributed by atoms with Gasteiger partial charge in [0, 0.05) is 35.1 Å². The van der Waals surface area contributed by atoms with Crippen LogP contribution in [0.15, 0.2) is 36.4 Å². The minimum Gasteiger partial charge on any atom is -0.326 e. The second kappa shape index (κ2) is 9.23. The molecule has 2 aliphatic carbocycles. The van der Waals surface area contributed by atoms with Crippen LogP contribution >= 0.6 is 58.0 Å². The van der Waals surface area contributed by atoms with E-state index in [1.165, 1.54) is 24.3 Å². The van der Waals surface area contributed by atoms with Crippen molar-refractivity contribution in [2.24, 2.45) is 11.8 Å². The number of carbonyl (C=O) groups is 3. The molecule has 0 heterocycles. The number of nitrogens with zero attached hydrogens (tertiary/aromatic N) is 1. The number of hydrogen-bond acceptors (Lipinski definition) is 3. The molecule has 0 saturated heterocycles. The molecule has 13 heteroatoms. The predicted molar refractivity (Wildman–Crippen MR) is 131 cm³/mol. The average molecular weight is 586 g/mol. The summed E-state index contributed by atoms with van der Waals surface area (Å²) in [5.41, 5.74) is 2.91. The number of alkyl halides is 4. The SMILES string of the molecule is CN(NC(=O)c1cc(NC(=O)[C@H]2[C@H](c3cc(Cl)cc(Cl)c3)C2(Cl)Cl)ccc1Cl)C(=O)C1CC1(F)F. The van der Waals surface area contributed by atoms with Crippen LogP contribution in [0.25, 0.3) is 0 Å². The van der Waals surface area contributed by atoms with Gasteiger partial charge in [0.1, 0.15) is 10.3 Å². The Balaban J connectivity index is 1.45. The summed E-state index contributed by atoms with van der Waals surface area (Å²) in [5, 5.41) is 4.07. The molecule has 0 bridgehead atoms. The molecule has 4 rings (SSSR count). The van der Waals surface area contributed by atoms with Crippen molar-refractivity contribution in [3.8, 4) is 0 Å². The first kappa shape index (κ1) is 26.2. The van der Waals surface area contributed by atoms with Crippen molar-refractivity contribution in [3.63, 3.8) is 0 Å². The van der Waals surface area contributed by atoms with E-state index in [4.69, 9.17) is 58.0 Å². The van der Waals surface area contributed by atoms with Gasteiger partial charge in [0.2, 0.25) is 11.8 Å². The van der Waals surface area contributed by atoms with Gasteiger partial charge in [-0.1, -0.05) is 34.8 Å². The Bertz CT molecular complexity index is 1220. The molecule has 3 amide bonds. The number of hydrogen-bond donors (Lipinski definition) is 2. The van der Waals surface area contributed by atoms with Gasteiger partial charge in [-0.3, -0.25) is 24.8 Å². The Labute approximate surface area is 223 Å². The number of hydrazine groups is 1. The van der Waals surface area contributed by atoms with E-state index in [9.17, 15) is 23.2 Å². The van der Waals surface area contributed by atoms with E-state index in [0.29, 0.717) is 20.6 Å². The molecule has 1 unspecified atom stereocenters. The van der Waals surface area contributed by atoms with Crippen molar-refractivity contribution < 1.29 is 23.2 Å². The number of benzene rings is 2. The van der Waals surface area contributed by atoms with Crippen LogP contribution in [0.2, 0.25) is 15.1 Å². The van der Waals surface area contributed by atoms with Crippen LogP contribution in [0.4, 0.5) is 14.5 Å². The number of amides is 3. The van der Waals surface area contributed by atoms with Crippen molar-refractivity contribution in [2.45, 2.75) is 22.6 Å². The number of halogens is 7. The summed E-state index contributed by atoms with van der Waals surface area (Å²) >= 11 is 30.9. The molecular weight excluding hydrogens is 570 g/mol. The molecule has 3 atom stereocenters. The van der Waals surface area contributed by atoms with Gasteiger partial charge in [-0.05, 0) is 42.0 Å². The molecule has 2 N–H and O–H groups in total. The highest BCUT2D eigenvalue weighted by molar-refractivity contribution is 6.53. The number of nitrogens with one attached hydrogen (secondary N) is 2. The molecule has 2 aliphatic rings. The fourth-order valence-electron chi connectivity index (χ4n) is 3.80. The molecule has 2 fully saturated rings. The van der Waals surface area contributed by atoms with E-state index in [1.807, 2.05) is 0 Å². The maximum atomic E-state index is 13.2. The standard InChI is InChI=1S/C22H16Cl5F2N3O3/c1-32(20(35)14-8-21(14,28)29)31-18(33)13-7-12(2-3-15(13)25)30-19(34)17-16(22(17,26)27)9-4-10(23)6-11(24)5-9/h2-7,14,16-17H,8H2,1H3,(H,30,34)(H,31,33)/t14?,16-,17+/m0/s1. The van der Waals surface area contributed by atoms with Gasteiger partial charge in [0.25, 0.3) is 11.8 Å². The lowest BCUT2D eigenvalue weighted by atomic mass is 10.1. The average Bonchev–Trinajstić information content (AvgIpc) is 3.57. The molecule has 6 nitrogen and oxygen atoms in total. The van der Waals surface area contributed by atoms with Gasteiger partial charge in [0.05, 0.1) is 16.5 Å². The first-order valence-corrected chi connectivity index (χ1v) is 12.0. The van der Waals surface area contributed by atoms with Crippen LogP contribution in [0.5, 0.6) is 0 Å². The zero-order chi connectivity index (χ0) is 25.9. The summed E-state index contributed by atoms with van der Waals surface area (Å²) in [6, 6.07) is 8.86. The highest BCUT2D eigenvalue weighted by Crippen LogP contribution is 2.65. The second-order valence-electron chi connectivity index (χ2n) is 8.37. The molecule has 0 spiro atoms. The van der Waals surface area contributed by atoms with Crippen molar-refractivity contribution in [1.82, 2.24) is 10.4 Å². The molecule has 2 aromatic rings.